The molecule has 17 heavy (non-hydrogen) atoms. The number of hydrogen-bond acceptors (Lipinski definition) is 3. The van der Waals surface area contributed by atoms with E-state index in [4.69, 9.17) is 14.9 Å². The van der Waals surface area contributed by atoms with Gasteiger partial charge in [-0.2, -0.15) is 0 Å². The maximum atomic E-state index is 6.06. The van der Waals surface area contributed by atoms with Crippen LogP contribution in [0.2, 0.25) is 0 Å². The molecule has 0 saturated heterocycles. The highest BCUT2D eigenvalue weighted by molar-refractivity contribution is 5.15. The SMILES string of the molecule is CCC1CCCCC1OCc1ccoc1CN. The molecule has 1 heterocycles. The van der Waals surface area contributed by atoms with Crippen LogP contribution >= 0.6 is 0 Å². The molecule has 1 aliphatic rings. The minimum Gasteiger partial charge on any atom is -0.468 e. The van der Waals surface area contributed by atoms with Gasteiger partial charge in [0.2, 0.25) is 0 Å². The van der Waals surface area contributed by atoms with Crippen LogP contribution in [0.4, 0.5) is 0 Å². The predicted molar refractivity (Wildman–Crippen MR) is 67.4 cm³/mol. The van der Waals surface area contributed by atoms with E-state index in [1.54, 1.807) is 6.26 Å². The van der Waals surface area contributed by atoms with Gasteiger partial charge in [0.1, 0.15) is 5.76 Å². The maximum absolute atomic E-state index is 6.06. The lowest BCUT2D eigenvalue weighted by atomic mass is 9.85. The van der Waals surface area contributed by atoms with E-state index < -0.39 is 0 Å². The molecule has 1 aromatic rings. The third kappa shape index (κ3) is 3.11. The third-order valence-electron chi connectivity index (χ3n) is 3.84. The Kier molecular flexibility index (Phi) is 4.63. The van der Waals surface area contributed by atoms with Crippen LogP contribution in [0, 0.1) is 5.92 Å². The molecule has 1 aromatic heterocycles. The first-order valence-electron chi connectivity index (χ1n) is 6.72. The molecule has 2 unspecified atom stereocenters. The molecule has 0 bridgehead atoms. The summed E-state index contributed by atoms with van der Waals surface area (Å²) in [4.78, 5) is 0. The molecule has 2 atom stereocenters. The highest BCUT2D eigenvalue weighted by atomic mass is 16.5. The van der Waals surface area contributed by atoms with E-state index in [0.717, 1.165) is 17.2 Å². The molecule has 2 rings (SSSR count). The molecule has 1 fully saturated rings. The number of rotatable bonds is 5. The van der Waals surface area contributed by atoms with Gasteiger partial charge in [-0.3, -0.25) is 0 Å². The molecule has 0 radical (unpaired) electrons. The lowest BCUT2D eigenvalue weighted by Crippen LogP contribution is -2.27. The molecule has 0 spiro atoms. The molecule has 1 aliphatic carbocycles. The van der Waals surface area contributed by atoms with Gasteiger partial charge in [-0.05, 0) is 24.8 Å². The van der Waals surface area contributed by atoms with Crippen molar-refractivity contribution < 1.29 is 9.15 Å². The topological polar surface area (TPSA) is 48.4 Å². The fourth-order valence-corrected chi connectivity index (χ4v) is 2.73. The monoisotopic (exact) mass is 237 g/mol. The summed E-state index contributed by atoms with van der Waals surface area (Å²) in [5.41, 5.74) is 6.71. The first-order valence-corrected chi connectivity index (χ1v) is 6.72. The Labute approximate surface area is 103 Å². The summed E-state index contributed by atoms with van der Waals surface area (Å²) in [6.45, 7) is 3.35. The summed E-state index contributed by atoms with van der Waals surface area (Å²) < 4.78 is 11.4. The van der Waals surface area contributed by atoms with Gasteiger partial charge < -0.3 is 14.9 Å². The van der Waals surface area contributed by atoms with Crippen LogP contribution < -0.4 is 5.73 Å². The molecule has 3 heteroatoms. The fourth-order valence-electron chi connectivity index (χ4n) is 2.73. The second-order valence-electron chi connectivity index (χ2n) is 4.88. The fraction of sp³-hybridized carbons (Fsp3) is 0.714. The predicted octanol–water partition coefficient (Wildman–Crippen LogP) is 3.22. The lowest BCUT2D eigenvalue weighted by Gasteiger charge is -2.30. The van der Waals surface area contributed by atoms with Crippen molar-refractivity contribution in [3.05, 3.63) is 23.7 Å². The van der Waals surface area contributed by atoms with Crippen molar-refractivity contribution in [2.45, 2.75) is 58.3 Å². The molecule has 3 nitrogen and oxygen atoms in total. The Balaban J connectivity index is 1.88. The Morgan fingerprint density at radius 2 is 2.24 bits per heavy atom. The normalized spacial score (nSPS) is 25.1. The van der Waals surface area contributed by atoms with E-state index in [1.165, 1.54) is 32.1 Å². The lowest BCUT2D eigenvalue weighted by molar-refractivity contribution is -0.0226. The largest absolute Gasteiger partial charge is 0.468 e. The average molecular weight is 237 g/mol. The highest BCUT2D eigenvalue weighted by Gasteiger charge is 2.24. The second-order valence-corrected chi connectivity index (χ2v) is 4.88. The van der Waals surface area contributed by atoms with Gasteiger partial charge in [0.25, 0.3) is 0 Å². The van der Waals surface area contributed by atoms with Crippen LogP contribution in [0.25, 0.3) is 0 Å². The Bertz CT molecular complexity index is 335. The van der Waals surface area contributed by atoms with Gasteiger partial charge in [0.15, 0.2) is 0 Å². The van der Waals surface area contributed by atoms with E-state index in [9.17, 15) is 0 Å². The van der Waals surface area contributed by atoms with Gasteiger partial charge >= 0.3 is 0 Å². The molecule has 1 saturated carbocycles. The highest BCUT2D eigenvalue weighted by Crippen LogP contribution is 2.30. The van der Waals surface area contributed by atoms with Gasteiger partial charge in [-0.1, -0.05) is 26.2 Å². The summed E-state index contributed by atoms with van der Waals surface area (Å²) in [6, 6.07) is 1.96. The van der Waals surface area contributed by atoms with Crippen molar-refractivity contribution in [1.29, 1.82) is 0 Å². The Morgan fingerprint density at radius 3 is 3.00 bits per heavy atom. The maximum Gasteiger partial charge on any atom is 0.122 e. The summed E-state index contributed by atoms with van der Waals surface area (Å²) in [7, 11) is 0. The van der Waals surface area contributed by atoms with Gasteiger partial charge in [0.05, 0.1) is 25.5 Å². The standard InChI is InChI=1S/C14H23NO2/c1-2-11-5-3-4-6-13(11)17-10-12-7-8-16-14(12)9-15/h7-8,11,13H,2-6,9-10,15H2,1H3. The zero-order chi connectivity index (χ0) is 12.1. The van der Waals surface area contributed by atoms with E-state index >= 15 is 0 Å². The number of hydrogen-bond donors (Lipinski definition) is 1. The van der Waals surface area contributed by atoms with Crippen molar-refractivity contribution in [1.82, 2.24) is 0 Å². The van der Waals surface area contributed by atoms with E-state index in [1.807, 2.05) is 6.07 Å². The summed E-state index contributed by atoms with van der Waals surface area (Å²) in [6.07, 6.45) is 8.52. The van der Waals surface area contributed by atoms with Crippen molar-refractivity contribution in [3.63, 3.8) is 0 Å². The zero-order valence-corrected chi connectivity index (χ0v) is 10.7. The molecule has 2 N–H and O–H groups in total. The molecule has 0 amide bonds. The number of furan rings is 1. The smallest absolute Gasteiger partial charge is 0.122 e. The molecular formula is C14H23NO2. The number of ether oxygens (including phenoxy) is 1. The first kappa shape index (κ1) is 12.7. The van der Waals surface area contributed by atoms with E-state index in [2.05, 4.69) is 6.92 Å². The Hall–Kier alpha value is -0.800. The minimum absolute atomic E-state index is 0.425. The van der Waals surface area contributed by atoms with Crippen LogP contribution in [-0.4, -0.2) is 6.10 Å². The van der Waals surface area contributed by atoms with Crippen LogP contribution in [0.15, 0.2) is 16.7 Å². The quantitative estimate of drug-likeness (QED) is 0.855. The van der Waals surface area contributed by atoms with E-state index in [0.29, 0.717) is 19.3 Å². The number of nitrogens with two attached hydrogens (primary N) is 1. The van der Waals surface area contributed by atoms with Crippen LogP contribution in [0.3, 0.4) is 0 Å². The molecule has 96 valence electrons. The van der Waals surface area contributed by atoms with Crippen LogP contribution in [-0.2, 0) is 17.9 Å². The average Bonchev–Trinajstić information content (AvgIpc) is 2.84. The molecule has 0 aliphatic heterocycles. The van der Waals surface area contributed by atoms with Crippen LogP contribution in [0.5, 0.6) is 0 Å². The van der Waals surface area contributed by atoms with Gasteiger partial charge in [-0.25, -0.2) is 0 Å². The summed E-state index contributed by atoms with van der Waals surface area (Å²) in [5, 5.41) is 0. The molecular weight excluding hydrogens is 214 g/mol. The Morgan fingerprint density at radius 1 is 1.41 bits per heavy atom. The van der Waals surface area contributed by atoms with Crippen molar-refractivity contribution in [3.8, 4) is 0 Å². The first-order chi connectivity index (χ1) is 8.35. The zero-order valence-electron chi connectivity index (χ0n) is 10.7. The van der Waals surface area contributed by atoms with Gasteiger partial charge in [-0.15, -0.1) is 0 Å². The van der Waals surface area contributed by atoms with Crippen LogP contribution in [0.1, 0.15) is 50.4 Å². The second kappa shape index (κ2) is 6.22. The minimum atomic E-state index is 0.425. The van der Waals surface area contributed by atoms with Crippen molar-refractivity contribution in [2.24, 2.45) is 11.7 Å². The van der Waals surface area contributed by atoms with Gasteiger partial charge in [0, 0.05) is 5.56 Å². The summed E-state index contributed by atoms with van der Waals surface area (Å²) in [5.74, 6) is 1.59. The van der Waals surface area contributed by atoms with E-state index in [-0.39, 0.29) is 0 Å². The van der Waals surface area contributed by atoms with Crippen molar-refractivity contribution in [2.75, 3.05) is 0 Å². The summed E-state index contributed by atoms with van der Waals surface area (Å²) >= 11 is 0. The third-order valence-corrected chi connectivity index (χ3v) is 3.84. The van der Waals surface area contributed by atoms with Crippen molar-refractivity contribution >= 4 is 0 Å². The molecule has 0 aromatic carbocycles.